The van der Waals surface area contributed by atoms with Crippen LogP contribution in [0.25, 0.3) is 0 Å². The number of aryl methyl sites for hydroxylation is 1. The smallest absolute Gasteiger partial charge is 0.347 e. The van der Waals surface area contributed by atoms with Gasteiger partial charge in [-0.25, -0.2) is 4.79 Å². The van der Waals surface area contributed by atoms with Crippen LogP contribution in [0.2, 0.25) is 0 Å². The minimum absolute atomic E-state index is 0.286. The number of anilines is 1. The van der Waals surface area contributed by atoms with Gasteiger partial charge in [-0.1, -0.05) is 48.2 Å². The summed E-state index contributed by atoms with van der Waals surface area (Å²) < 4.78 is 5.43. The molecular weight excluding hydrogens is 294 g/mol. The van der Waals surface area contributed by atoms with Gasteiger partial charge in [-0.15, -0.1) is 0 Å². The fourth-order valence-electron chi connectivity index (χ4n) is 2.25. The van der Waals surface area contributed by atoms with Crippen molar-refractivity contribution < 1.29 is 9.53 Å². The highest BCUT2D eigenvalue weighted by Crippen LogP contribution is 2.40. The van der Waals surface area contributed by atoms with Crippen LogP contribution in [-0.4, -0.2) is 5.97 Å². The summed E-state index contributed by atoms with van der Waals surface area (Å²) in [5.41, 5.74) is 4.02. The quantitative estimate of drug-likeness (QED) is 0.848. The van der Waals surface area contributed by atoms with E-state index in [0.29, 0.717) is 4.91 Å². The molecule has 0 fully saturated rings. The van der Waals surface area contributed by atoms with Gasteiger partial charge in [0.25, 0.3) is 0 Å². The Labute approximate surface area is 134 Å². The molecule has 2 aromatic carbocycles. The van der Waals surface area contributed by atoms with Crippen molar-refractivity contribution in [3.05, 3.63) is 70.3 Å². The highest BCUT2D eigenvalue weighted by atomic mass is 32.2. The van der Waals surface area contributed by atoms with E-state index in [1.54, 1.807) is 0 Å². The summed E-state index contributed by atoms with van der Waals surface area (Å²) in [6.45, 7) is 4.23. The molecule has 1 N–H and O–H groups in total. The van der Waals surface area contributed by atoms with Gasteiger partial charge < -0.3 is 10.1 Å². The molecule has 0 atom stereocenters. The van der Waals surface area contributed by atoms with Gasteiger partial charge in [0.2, 0.25) is 0 Å². The number of ether oxygens (including phenoxy) is 1. The third-order valence-electron chi connectivity index (χ3n) is 3.41. The second-order valence-electron chi connectivity index (χ2n) is 5.24. The van der Waals surface area contributed by atoms with E-state index >= 15 is 0 Å². The Hall–Kier alpha value is -2.20. The molecule has 3 nitrogen and oxygen atoms in total. The van der Waals surface area contributed by atoms with Crippen LogP contribution in [0.5, 0.6) is 0 Å². The topological polar surface area (TPSA) is 38.3 Å². The van der Waals surface area contributed by atoms with Crippen LogP contribution in [-0.2, 0) is 16.1 Å². The van der Waals surface area contributed by atoms with Crippen molar-refractivity contribution in [1.29, 1.82) is 0 Å². The van der Waals surface area contributed by atoms with Crippen LogP contribution >= 0.6 is 11.8 Å². The Morgan fingerprint density at radius 1 is 1.14 bits per heavy atom. The largest absolute Gasteiger partial charge is 0.457 e. The third-order valence-corrected chi connectivity index (χ3v) is 4.64. The SMILES string of the molecule is CC1=C(C(=O)OCc2ccccc2)Sc2cc(C)ccc2N1. The number of rotatable bonds is 3. The summed E-state index contributed by atoms with van der Waals surface area (Å²) >= 11 is 1.47. The zero-order valence-corrected chi connectivity index (χ0v) is 13.4. The monoisotopic (exact) mass is 311 g/mol. The molecular formula is C18H17NO2S. The lowest BCUT2D eigenvalue weighted by Crippen LogP contribution is -2.14. The zero-order chi connectivity index (χ0) is 15.5. The summed E-state index contributed by atoms with van der Waals surface area (Å²) in [6, 6.07) is 15.9. The van der Waals surface area contributed by atoms with Crippen molar-refractivity contribution in [2.24, 2.45) is 0 Å². The average molecular weight is 311 g/mol. The van der Waals surface area contributed by atoms with Crippen molar-refractivity contribution in [2.75, 3.05) is 5.32 Å². The lowest BCUT2D eigenvalue weighted by molar-refractivity contribution is -0.139. The van der Waals surface area contributed by atoms with Gasteiger partial charge in [-0.05, 0) is 37.1 Å². The lowest BCUT2D eigenvalue weighted by atomic mass is 10.2. The maximum atomic E-state index is 12.3. The van der Waals surface area contributed by atoms with Crippen LogP contribution in [0.3, 0.4) is 0 Å². The summed E-state index contributed by atoms with van der Waals surface area (Å²) in [7, 11) is 0. The maximum Gasteiger partial charge on any atom is 0.347 e. The molecule has 4 heteroatoms. The van der Waals surface area contributed by atoms with Crippen LogP contribution in [0.15, 0.2) is 64.0 Å². The second kappa shape index (κ2) is 6.28. The number of hydrogen-bond donors (Lipinski definition) is 1. The molecule has 0 aliphatic carbocycles. The van der Waals surface area contributed by atoms with E-state index in [0.717, 1.165) is 21.8 Å². The van der Waals surface area contributed by atoms with E-state index in [1.165, 1.54) is 17.3 Å². The van der Waals surface area contributed by atoms with Gasteiger partial charge in [0.05, 0.1) is 5.69 Å². The van der Waals surface area contributed by atoms with Gasteiger partial charge in [0.15, 0.2) is 0 Å². The number of hydrogen-bond acceptors (Lipinski definition) is 4. The van der Waals surface area contributed by atoms with E-state index in [4.69, 9.17) is 4.74 Å². The van der Waals surface area contributed by atoms with E-state index in [2.05, 4.69) is 17.4 Å². The van der Waals surface area contributed by atoms with Crippen LogP contribution in [0.1, 0.15) is 18.1 Å². The summed E-state index contributed by atoms with van der Waals surface area (Å²) in [4.78, 5) is 14.0. The Morgan fingerprint density at radius 2 is 1.91 bits per heavy atom. The van der Waals surface area contributed by atoms with Crippen molar-refractivity contribution in [3.8, 4) is 0 Å². The van der Waals surface area contributed by atoms with Crippen molar-refractivity contribution >= 4 is 23.4 Å². The molecule has 0 saturated carbocycles. The first-order chi connectivity index (χ1) is 10.6. The molecule has 1 aliphatic rings. The molecule has 1 aliphatic heterocycles. The van der Waals surface area contributed by atoms with Gasteiger partial charge in [-0.3, -0.25) is 0 Å². The number of carbonyl (C=O) groups is 1. The molecule has 0 bridgehead atoms. The molecule has 0 saturated heterocycles. The summed E-state index contributed by atoms with van der Waals surface area (Å²) in [5.74, 6) is -0.286. The number of thioether (sulfide) groups is 1. The Morgan fingerprint density at radius 3 is 2.68 bits per heavy atom. The van der Waals surface area contributed by atoms with Crippen LogP contribution in [0.4, 0.5) is 5.69 Å². The van der Waals surface area contributed by atoms with Crippen molar-refractivity contribution in [1.82, 2.24) is 0 Å². The number of esters is 1. The highest BCUT2D eigenvalue weighted by Gasteiger charge is 2.22. The van der Waals surface area contributed by atoms with Crippen LogP contribution in [0, 0.1) is 6.92 Å². The fourth-order valence-corrected chi connectivity index (χ4v) is 3.29. The summed E-state index contributed by atoms with van der Waals surface area (Å²) in [6.07, 6.45) is 0. The van der Waals surface area contributed by atoms with E-state index in [-0.39, 0.29) is 12.6 Å². The molecule has 22 heavy (non-hydrogen) atoms. The number of benzene rings is 2. The number of carbonyl (C=O) groups excluding carboxylic acids is 1. The zero-order valence-electron chi connectivity index (χ0n) is 12.6. The van der Waals surface area contributed by atoms with Gasteiger partial charge in [-0.2, -0.15) is 0 Å². The molecule has 112 valence electrons. The first-order valence-electron chi connectivity index (χ1n) is 7.11. The molecule has 0 aromatic heterocycles. The highest BCUT2D eigenvalue weighted by molar-refractivity contribution is 8.04. The number of allylic oxidation sites excluding steroid dienone is 1. The van der Waals surface area contributed by atoms with Crippen molar-refractivity contribution in [3.63, 3.8) is 0 Å². The Balaban J connectivity index is 1.72. The minimum atomic E-state index is -0.286. The Bertz CT molecular complexity index is 738. The van der Waals surface area contributed by atoms with Crippen molar-refractivity contribution in [2.45, 2.75) is 25.3 Å². The molecule has 3 rings (SSSR count). The van der Waals surface area contributed by atoms with E-state index in [9.17, 15) is 4.79 Å². The molecule has 0 radical (unpaired) electrons. The average Bonchev–Trinajstić information content (AvgIpc) is 2.53. The van der Waals surface area contributed by atoms with E-state index in [1.807, 2.05) is 50.2 Å². The predicted molar refractivity (Wildman–Crippen MR) is 89.6 cm³/mol. The molecule has 2 aromatic rings. The number of fused-ring (bicyclic) bond motifs is 1. The summed E-state index contributed by atoms with van der Waals surface area (Å²) in [5, 5.41) is 3.27. The predicted octanol–water partition coefficient (Wildman–Crippen LogP) is 4.49. The lowest BCUT2D eigenvalue weighted by Gasteiger charge is -2.21. The molecule has 1 heterocycles. The first kappa shape index (κ1) is 14.7. The molecule has 0 spiro atoms. The number of nitrogens with one attached hydrogen (secondary N) is 1. The van der Waals surface area contributed by atoms with Gasteiger partial charge >= 0.3 is 5.97 Å². The van der Waals surface area contributed by atoms with Crippen LogP contribution < -0.4 is 5.32 Å². The Kier molecular flexibility index (Phi) is 4.20. The normalized spacial score (nSPS) is 13.4. The first-order valence-corrected chi connectivity index (χ1v) is 7.92. The van der Waals surface area contributed by atoms with Gasteiger partial charge in [0.1, 0.15) is 11.5 Å². The molecule has 0 unspecified atom stereocenters. The minimum Gasteiger partial charge on any atom is -0.457 e. The second-order valence-corrected chi connectivity index (χ2v) is 6.29. The van der Waals surface area contributed by atoms with Gasteiger partial charge in [0, 0.05) is 10.6 Å². The standard InChI is InChI=1S/C18H17NO2S/c1-12-8-9-15-16(10-12)22-17(13(2)19-15)18(20)21-11-14-6-4-3-5-7-14/h3-10,19H,11H2,1-2H3. The maximum absolute atomic E-state index is 12.3. The third kappa shape index (κ3) is 3.17. The van der Waals surface area contributed by atoms with E-state index < -0.39 is 0 Å². The fraction of sp³-hybridized carbons (Fsp3) is 0.167. The molecule has 0 amide bonds.